The first-order chi connectivity index (χ1) is 14.6. The summed E-state index contributed by atoms with van der Waals surface area (Å²) >= 11 is 0. The van der Waals surface area contributed by atoms with E-state index in [1.807, 2.05) is 35.0 Å². The van der Waals surface area contributed by atoms with E-state index in [0.29, 0.717) is 39.0 Å². The molecule has 0 unspecified atom stereocenters. The van der Waals surface area contributed by atoms with Gasteiger partial charge in [-0.2, -0.15) is 0 Å². The molecule has 0 radical (unpaired) electrons. The van der Waals surface area contributed by atoms with Crippen LogP contribution in [0.2, 0.25) is 0 Å². The minimum absolute atomic E-state index is 0.0205. The van der Waals surface area contributed by atoms with Crippen LogP contribution in [0.1, 0.15) is 28.9 Å². The average Bonchev–Trinajstić information content (AvgIpc) is 3.16. The molecule has 3 aromatic rings. The molecule has 2 aromatic carbocycles. The van der Waals surface area contributed by atoms with Crippen LogP contribution in [0, 0.1) is 5.82 Å². The number of phenols is 1. The zero-order chi connectivity index (χ0) is 20.9. The van der Waals surface area contributed by atoms with Crippen molar-refractivity contribution < 1.29 is 14.3 Å². The number of aromatic hydroxyl groups is 1. The van der Waals surface area contributed by atoms with Crippen LogP contribution in [-0.2, 0) is 37.4 Å². The molecular weight excluding hydrogens is 385 g/mol. The fourth-order valence-electron chi connectivity index (χ4n) is 3.60. The van der Waals surface area contributed by atoms with Crippen molar-refractivity contribution in [1.82, 2.24) is 25.2 Å². The molecule has 2 heterocycles. The first-order valence-electron chi connectivity index (χ1n) is 10.00. The van der Waals surface area contributed by atoms with Gasteiger partial charge in [-0.3, -0.25) is 9.69 Å². The second kappa shape index (κ2) is 9.04. The molecule has 8 heteroatoms. The number of carbonyl (C=O) groups excluding carboxylic acids is 1. The van der Waals surface area contributed by atoms with Gasteiger partial charge in [-0.1, -0.05) is 41.6 Å². The Morgan fingerprint density at radius 2 is 1.97 bits per heavy atom. The van der Waals surface area contributed by atoms with E-state index in [0.717, 1.165) is 29.1 Å². The second-order valence-corrected chi connectivity index (χ2v) is 7.46. The number of halogens is 1. The Morgan fingerprint density at radius 1 is 1.13 bits per heavy atom. The molecule has 1 amide bonds. The molecule has 0 atom stereocenters. The lowest BCUT2D eigenvalue weighted by Crippen LogP contribution is -2.34. The summed E-state index contributed by atoms with van der Waals surface area (Å²) in [5.41, 5.74) is 3.68. The third-order valence-electron chi connectivity index (χ3n) is 5.26. The molecule has 0 saturated heterocycles. The monoisotopic (exact) mass is 409 g/mol. The van der Waals surface area contributed by atoms with Gasteiger partial charge >= 0.3 is 0 Å². The lowest BCUT2D eigenvalue weighted by molar-refractivity contribution is -0.121. The first-order valence-corrected chi connectivity index (χ1v) is 10.00. The number of nitrogens with one attached hydrogen (secondary N) is 1. The Hall–Kier alpha value is -3.26. The number of aryl methyl sites for hydroxylation is 1. The first kappa shape index (κ1) is 20.0. The zero-order valence-corrected chi connectivity index (χ0v) is 16.6. The predicted molar refractivity (Wildman–Crippen MR) is 109 cm³/mol. The molecule has 0 saturated carbocycles. The van der Waals surface area contributed by atoms with Gasteiger partial charge in [0.15, 0.2) is 11.6 Å². The van der Waals surface area contributed by atoms with Crippen molar-refractivity contribution in [2.24, 2.45) is 0 Å². The van der Waals surface area contributed by atoms with Gasteiger partial charge in [0.1, 0.15) is 0 Å². The van der Waals surface area contributed by atoms with Crippen molar-refractivity contribution in [2.75, 3.05) is 6.54 Å². The number of hydrogen-bond donors (Lipinski definition) is 2. The third kappa shape index (κ3) is 4.83. The van der Waals surface area contributed by atoms with E-state index in [2.05, 4.69) is 20.5 Å². The number of nitrogens with zero attached hydrogens (tertiary/aromatic N) is 4. The summed E-state index contributed by atoms with van der Waals surface area (Å²) in [5, 5.41) is 20.8. The summed E-state index contributed by atoms with van der Waals surface area (Å²) in [5.74, 6) is -0.973. The van der Waals surface area contributed by atoms with Gasteiger partial charge in [-0.05, 0) is 23.3 Å². The Morgan fingerprint density at radius 3 is 2.77 bits per heavy atom. The van der Waals surface area contributed by atoms with Crippen LogP contribution in [-0.4, -0.2) is 37.5 Å². The highest BCUT2D eigenvalue weighted by molar-refractivity contribution is 5.76. The van der Waals surface area contributed by atoms with E-state index in [9.17, 15) is 14.3 Å². The van der Waals surface area contributed by atoms with Gasteiger partial charge in [-0.15, -0.1) is 5.10 Å². The predicted octanol–water partition coefficient (Wildman–Crippen LogP) is 2.39. The Labute approximate surface area is 174 Å². The number of benzene rings is 2. The number of fused-ring (bicyclic) bond motifs is 1. The summed E-state index contributed by atoms with van der Waals surface area (Å²) in [6, 6.07) is 14.3. The maximum absolute atomic E-state index is 13.6. The SMILES string of the molecule is O=C(CCc1nnn2c1CN(Cc1ccc(O)c(F)c1)CC2)NCc1ccccc1. The quantitative estimate of drug-likeness (QED) is 0.626. The van der Waals surface area contributed by atoms with Crippen LogP contribution in [0.15, 0.2) is 48.5 Å². The normalized spacial score (nSPS) is 13.8. The van der Waals surface area contributed by atoms with Crippen LogP contribution in [0.3, 0.4) is 0 Å². The highest BCUT2D eigenvalue weighted by Crippen LogP contribution is 2.21. The van der Waals surface area contributed by atoms with Crippen LogP contribution in [0.5, 0.6) is 5.75 Å². The molecule has 4 rings (SSSR count). The topological polar surface area (TPSA) is 83.3 Å². The maximum Gasteiger partial charge on any atom is 0.220 e. The Kier molecular flexibility index (Phi) is 6.04. The van der Waals surface area contributed by atoms with E-state index in [1.165, 1.54) is 12.1 Å². The lowest BCUT2D eigenvalue weighted by atomic mass is 10.1. The van der Waals surface area contributed by atoms with Crippen LogP contribution >= 0.6 is 0 Å². The smallest absolute Gasteiger partial charge is 0.220 e. The zero-order valence-electron chi connectivity index (χ0n) is 16.6. The van der Waals surface area contributed by atoms with Crippen molar-refractivity contribution in [3.8, 4) is 5.75 Å². The summed E-state index contributed by atoms with van der Waals surface area (Å²) < 4.78 is 15.5. The number of carbonyl (C=O) groups is 1. The highest BCUT2D eigenvalue weighted by atomic mass is 19.1. The standard InChI is InChI=1S/C22H24FN5O2/c23-18-12-17(6-8-21(18)29)14-27-10-11-28-20(15-27)19(25-26-28)7-9-22(30)24-13-16-4-2-1-3-5-16/h1-6,8,12,29H,7,9-11,13-15H2,(H,24,30). The second-order valence-electron chi connectivity index (χ2n) is 7.46. The molecule has 0 bridgehead atoms. The molecule has 0 fully saturated rings. The summed E-state index contributed by atoms with van der Waals surface area (Å²) in [6.45, 7) is 3.19. The molecule has 156 valence electrons. The minimum Gasteiger partial charge on any atom is -0.505 e. The van der Waals surface area contributed by atoms with Gasteiger partial charge < -0.3 is 10.4 Å². The van der Waals surface area contributed by atoms with Crippen molar-refractivity contribution in [3.63, 3.8) is 0 Å². The number of amides is 1. The number of phenolic OH excluding ortho intramolecular Hbond substituents is 1. The molecule has 0 aliphatic carbocycles. The van der Waals surface area contributed by atoms with E-state index in [4.69, 9.17) is 0 Å². The van der Waals surface area contributed by atoms with Crippen molar-refractivity contribution in [1.29, 1.82) is 0 Å². The van der Waals surface area contributed by atoms with Crippen molar-refractivity contribution >= 4 is 5.91 Å². The Balaban J connectivity index is 1.32. The largest absolute Gasteiger partial charge is 0.505 e. The van der Waals surface area contributed by atoms with Crippen molar-refractivity contribution in [2.45, 2.75) is 39.0 Å². The van der Waals surface area contributed by atoms with Gasteiger partial charge in [0.05, 0.1) is 17.9 Å². The van der Waals surface area contributed by atoms with E-state index in [-0.39, 0.29) is 11.7 Å². The Bertz CT molecular complexity index is 1020. The molecule has 1 aromatic heterocycles. The van der Waals surface area contributed by atoms with Gasteiger partial charge in [0.25, 0.3) is 0 Å². The van der Waals surface area contributed by atoms with E-state index in [1.54, 1.807) is 6.07 Å². The van der Waals surface area contributed by atoms with Crippen LogP contribution in [0.4, 0.5) is 4.39 Å². The molecule has 7 nitrogen and oxygen atoms in total. The highest BCUT2D eigenvalue weighted by Gasteiger charge is 2.22. The molecule has 2 N–H and O–H groups in total. The average molecular weight is 409 g/mol. The maximum atomic E-state index is 13.6. The minimum atomic E-state index is -0.613. The molecule has 1 aliphatic rings. The van der Waals surface area contributed by atoms with Gasteiger partial charge in [-0.25, -0.2) is 9.07 Å². The van der Waals surface area contributed by atoms with Crippen LogP contribution < -0.4 is 5.32 Å². The van der Waals surface area contributed by atoms with Crippen molar-refractivity contribution in [3.05, 3.63) is 76.9 Å². The van der Waals surface area contributed by atoms with E-state index >= 15 is 0 Å². The summed E-state index contributed by atoms with van der Waals surface area (Å²) in [7, 11) is 0. The molecular formula is C22H24FN5O2. The number of rotatable bonds is 7. The lowest BCUT2D eigenvalue weighted by Gasteiger charge is -2.27. The van der Waals surface area contributed by atoms with Gasteiger partial charge in [0.2, 0.25) is 5.91 Å². The molecule has 0 spiro atoms. The van der Waals surface area contributed by atoms with E-state index < -0.39 is 5.82 Å². The van der Waals surface area contributed by atoms with Gasteiger partial charge in [0, 0.05) is 39.0 Å². The fraction of sp³-hybridized carbons (Fsp3) is 0.318. The molecule has 1 aliphatic heterocycles. The molecule has 30 heavy (non-hydrogen) atoms. The number of hydrogen-bond acceptors (Lipinski definition) is 5. The van der Waals surface area contributed by atoms with Crippen LogP contribution in [0.25, 0.3) is 0 Å². The summed E-state index contributed by atoms with van der Waals surface area (Å²) in [6.07, 6.45) is 0.874. The summed E-state index contributed by atoms with van der Waals surface area (Å²) in [4.78, 5) is 14.4. The third-order valence-corrected chi connectivity index (χ3v) is 5.26. The number of aromatic nitrogens is 3. The fourth-order valence-corrected chi connectivity index (χ4v) is 3.60.